The number of aromatic nitrogens is 1. The van der Waals surface area contributed by atoms with Crippen LogP contribution in [0.5, 0.6) is 0 Å². The zero-order valence-corrected chi connectivity index (χ0v) is 14.9. The number of amides is 1. The lowest BCUT2D eigenvalue weighted by Gasteiger charge is -2.19. The van der Waals surface area contributed by atoms with Gasteiger partial charge in [-0.1, -0.05) is 35.3 Å². The van der Waals surface area contributed by atoms with E-state index in [0.717, 1.165) is 0 Å². The zero-order chi connectivity index (χ0) is 17.4. The fourth-order valence-electron chi connectivity index (χ4n) is 2.43. The summed E-state index contributed by atoms with van der Waals surface area (Å²) in [6.07, 6.45) is 0. The maximum absolute atomic E-state index is 13.1. The zero-order valence-electron chi connectivity index (χ0n) is 12.5. The molecule has 8 heteroatoms. The lowest BCUT2D eigenvalue weighted by molar-refractivity contribution is 0.0993. The first-order chi connectivity index (χ1) is 11.4. The van der Waals surface area contributed by atoms with Crippen LogP contribution in [-0.2, 0) is 11.0 Å². The largest absolute Gasteiger partial charge is 0.364 e. The molecular weight excluding hydrogens is 369 g/mol. The van der Waals surface area contributed by atoms with Crippen molar-refractivity contribution in [3.8, 4) is 0 Å². The van der Waals surface area contributed by atoms with Gasteiger partial charge in [0.05, 0.1) is 15.6 Å². The Hall–Kier alpha value is -2.02. The number of H-pyrrole nitrogens is 1. The highest BCUT2D eigenvalue weighted by Crippen LogP contribution is 2.32. The third-order valence-corrected chi connectivity index (χ3v) is 5.60. The van der Waals surface area contributed by atoms with Crippen molar-refractivity contribution < 1.29 is 9.00 Å². The minimum absolute atomic E-state index is 0.0875. The third kappa shape index (κ3) is 2.88. The molecule has 3 N–H and O–H groups in total. The molecule has 0 aliphatic carbocycles. The van der Waals surface area contributed by atoms with Gasteiger partial charge in [-0.3, -0.25) is 9.10 Å². The molecule has 3 aromatic rings. The Morgan fingerprint density at radius 2 is 1.92 bits per heavy atom. The number of primary amides is 1. The molecule has 0 saturated carbocycles. The number of nitrogens with zero attached hydrogens (tertiary/aromatic N) is 1. The van der Waals surface area contributed by atoms with E-state index in [2.05, 4.69) is 4.98 Å². The van der Waals surface area contributed by atoms with Gasteiger partial charge in [0.15, 0.2) is 11.0 Å². The normalized spacial score (nSPS) is 12.3. The maximum Gasteiger partial charge on any atom is 0.266 e. The Kier molecular flexibility index (Phi) is 4.54. The number of aromatic amines is 1. The van der Waals surface area contributed by atoms with Gasteiger partial charge in [0.2, 0.25) is 0 Å². The molecule has 1 heterocycles. The van der Waals surface area contributed by atoms with Crippen LogP contribution in [0.2, 0.25) is 10.0 Å². The first-order valence-corrected chi connectivity index (χ1v) is 8.77. The number of nitrogens with two attached hydrogens (primary N) is 1. The Bertz CT molecular complexity index is 971. The number of carbonyl (C=O) groups excluding carboxylic acids is 1. The molecule has 1 aromatic heterocycles. The average molecular weight is 382 g/mol. The average Bonchev–Trinajstić information content (AvgIpc) is 2.92. The lowest BCUT2D eigenvalue weighted by Crippen LogP contribution is -2.23. The number of halogens is 2. The van der Waals surface area contributed by atoms with E-state index >= 15 is 0 Å². The van der Waals surface area contributed by atoms with Crippen molar-refractivity contribution in [2.45, 2.75) is 4.90 Å². The molecular formula is C16H13Cl2N3O2S. The van der Waals surface area contributed by atoms with E-state index in [0.29, 0.717) is 26.6 Å². The minimum Gasteiger partial charge on any atom is -0.364 e. The number of hydrogen-bond donors (Lipinski definition) is 2. The highest BCUT2D eigenvalue weighted by Gasteiger charge is 2.25. The van der Waals surface area contributed by atoms with Crippen molar-refractivity contribution in [2.75, 3.05) is 11.4 Å². The molecule has 0 spiro atoms. The molecule has 0 aliphatic rings. The monoisotopic (exact) mass is 381 g/mol. The van der Waals surface area contributed by atoms with Gasteiger partial charge in [-0.05, 0) is 30.3 Å². The Balaban J connectivity index is 2.19. The van der Waals surface area contributed by atoms with Crippen LogP contribution in [-0.4, -0.2) is 22.1 Å². The van der Waals surface area contributed by atoms with E-state index in [-0.39, 0.29) is 10.6 Å². The second kappa shape index (κ2) is 6.47. The number of rotatable bonds is 4. The van der Waals surface area contributed by atoms with Crippen LogP contribution in [0.1, 0.15) is 10.5 Å². The van der Waals surface area contributed by atoms with Crippen molar-refractivity contribution in [1.82, 2.24) is 4.98 Å². The summed E-state index contributed by atoms with van der Waals surface area (Å²) in [7, 11) is -0.0847. The number of nitrogens with one attached hydrogen (secondary N) is 1. The van der Waals surface area contributed by atoms with E-state index in [1.165, 1.54) is 4.31 Å². The number of benzene rings is 2. The highest BCUT2D eigenvalue weighted by atomic mass is 35.5. The fraction of sp³-hybridized carbons (Fsp3) is 0.0625. The van der Waals surface area contributed by atoms with Crippen LogP contribution in [0.4, 0.5) is 5.69 Å². The molecule has 2 aromatic carbocycles. The fourth-order valence-corrected chi connectivity index (χ4v) is 4.21. The summed E-state index contributed by atoms with van der Waals surface area (Å²) in [6, 6.07) is 12.0. The molecule has 3 rings (SSSR count). The van der Waals surface area contributed by atoms with Gasteiger partial charge in [0.25, 0.3) is 5.91 Å². The molecule has 1 amide bonds. The molecule has 5 nitrogen and oxygen atoms in total. The van der Waals surface area contributed by atoms with Gasteiger partial charge in [-0.15, -0.1) is 0 Å². The summed E-state index contributed by atoms with van der Waals surface area (Å²) < 4.78 is 14.6. The van der Waals surface area contributed by atoms with Crippen LogP contribution >= 0.6 is 23.2 Å². The second-order valence-electron chi connectivity index (χ2n) is 5.08. The van der Waals surface area contributed by atoms with Crippen molar-refractivity contribution in [3.63, 3.8) is 0 Å². The van der Waals surface area contributed by atoms with E-state index in [9.17, 15) is 9.00 Å². The van der Waals surface area contributed by atoms with Crippen LogP contribution in [0.3, 0.4) is 0 Å². The standard InChI is InChI=1S/C16H13Cl2N3O2S/c1-21(13-5-3-2-4-11(13)18)24(23)15-10-8-9(17)6-7-12(10)20-14(15)16(19)22/h2-8,20H,1H3,(H2,19,22). The number of hydrogen-bond acceptors (Lipinski definition) is 2. The van der Waals surface area contributed by atoms with E-state index in [1.807, 2.05) is 0 Å². The highest BCUT2D eigenvalue weighted by molar-refractivity contribution is 7.86. The van der Waals surface area contributed by atoms with Crippen LogP contribution in [0.15, 0.2) is 47.4 Å². The smallest absolute Gasteiger partial charge is 0.266 e. The summed E-state index contributed by atoms with van der Waals surface area (Å²) >= 11 is 12.2. The second-order valence-corrected chi connectivity index (χ2v) is 7.38. The Morgan fingerprint density at radius 1 is 1.21 bits per heavy atom. The molecule has 0 aliphatic heterocycles. The maximum atomic E-state index is 13.1. The minimum atomic E-state index is -1.72. The summed E-state index contributed by atoms with van der Waals surface area (Å²) in [6.45, 7) is 0. The van der Waals surface area contributed by atoms with Crippen molar-refractivity contribution in [1.29, 1.82) is 0 Å². The predicted octanol–water partition coefficient (Wildman–Crippen LogP) is 3.73. The number of carbonyl (C=O) groups is 1. The molecule has 124 valence electrons. The van der Waals surface area contributed by atoms with Crippen molar-refractivity contribution >= 4 is 56.7 Å². The molecule has 24 heavy (non-hydrogen) atoms. The van der Waals surface area contributed by atoms with Crippen LogP contribution < -0.4 is 10.0 Å². The molecule has 0 saturated heterocycles. The topological polar surface area (TPSA) is 79.2 Å². The SMILES string of the molecule is CN(c1ccccc1Cl)S(=O)c1c(C(N)=O)[nH]c2ccc(Cl)cc12. The molecule has 0 fully saturated rings. The summed E-state index contributed by atoms with van der Waals surface area (Å²) in [4.78, 5) is 15.0. The predicted molar refractivity (Wildman–Crippen MR) is 98.1 cm³/mol. The van der Waals surface area contributed by atoms with Crippen LogP contribution in [0, 0.1) is 0 Å². The first-order valence-electron chi connectivity index (χ1n) is 6.91. The molecule has 1 atom stereocenters. The van der Waals surface area contributed by atoms with Gasteiger partial charge in [-0.2, -0.15) is 0 Å². The van der Waals surface area contributed by atoms with Gasteiger partial charge in [0, 0.05) is 23.0 Å². The third-order valence-electron chi connectivity index (χ3n) is 3.57. The van der Waals surface area contributed by atoms with Gasteiger partial charge in [-0.25, -0.2) is 4.21 Å². The van der Waals surface area contributed by atoms with Gasteiger partial charge in [0.1, 0.15) is 5.69 Å². The van der Waals surface area contributed by atoms with Crippen molar-refractivity contribution in [3.05, 3.63) is 58.2 Å². The molecule has 0 radical (unpaired) electrons. The number of fused-ring (bicyclic) bond motifs is 1. The number of para-hydroxylation sites is 1. The first kappa shape index (κ1) is 16.8. The molecule has 0 bridgehead atoms. The Morgan fingerprint density at radius 3 is 2.58 bits per heavy atom. The van der Waals surface area contributed by atoms with E-state index in [1.54, 1.807) is 49.5 Å². The summed E-state index contributed by atoms with van der Waals surface area (Å²) in [5.74, 6) is -0.696. The molecule has 1 unspecified atom stereocenters. The summed E-state index contributed by atoms with van der Waals surface area (Å²) in [5, 5.41) is 1.50. The Labute approximate surface area is 150 Å². The lowest BCUT2D eigenvalue weighted by atomic mass is 10.2. The quantitative estimate of drug-likeness (QED) is 0.721. The van der Waals surface area contributed by atoms with E-state index < -0.39 is 16.9 Å². The van der Waals surface area contributed by atoms with Gasteiger partial charge < -0.3 is 10.7 Å². The van der Waals surface area contributed by atoms with Crippen LogP contribution in [0.25, 0.3) is 10.9 Å². The number of anilines is 1. The van der Waals surface area contributed by atoms with Gasteiger partial charge >= 0.3 is 0 Å². The van der Waals surface area contributed by atoms with E-state index in [4.69, 9.17) is 28.9 Å². The van der Waals surface area contributed by atoms with Crippen molar-refractivity contribution in [2.24, 2.45) is 5.73 Å². The summed E-state index contributed by atoms with van der Waals surface area (Å²) in [5.41, 5.74) is 6.73.